The molecule has 0 amide bonds. The second kappa shape index (κ2) is 14.0. The number of aryl methyl sites for hydroxylation is 2. The zero-order chi connectivity index (χ0) is 27.1. The molecule has 0 spiro atoms. The Morgan fingerprint density at radius 2 is 1.53 bits per heavy atom. The zero-order valence-corrected chi connectivity index (χ0v) is 27.4. The fourth-order valence-electron chi connectivity index (χ4n) is 5.15. The van der Waals surface area contributed by atoms with Gasteiger partial charge in [0.15, 0.2) is 0 Å². The predicted octanol–water partition coefficient (Wildman–Crippen LogP) is 8.97. The van der Waals surface area contributed by atoms with Crippen molar-refractivity contribution in [1.82, 2.24) is 0 Å². The van der Waals surface area contributed by atoms with E-state index in [1.165, 1.54) is 60.1 Å². The quantitative estimate of drug-likeness (QED) is 0.135. The van der Waals surface area contributed by atoms with Crippen molar-refractivity contribution in [2.45, 2.75) is 46.5 Å². The van der Waals surface area contributed by atoms with E-state index in [2.05, 4.69) is 119 Å². The number of hydrogen-bond acceptors (Lipinski definition) is 0. The maximum absolute atomic E-state index is 4.93. The van der Waals surface area contributed by atoms with Gasteiger partial charge in [0, 0.05) is 0 Å². The van der Waals surface area contributed by atoms with Crippen LogP contribution in [0.2, 0.25) is 0 Å². The topological polar surface area (TPSA) is 0 Å². The summed E-state index contributed by atoms with van der Waals surface area (Å²) in [6, 6.07) is 36.4. The van der Waals surface area contributed by atoms with Crippen LogP contribution >= 0.6 is 17.0 Å². The van der Waals surface area contributed by atoms with E-state index in [4.69, 9.17) is 17.0 Å². The molecule has 0 atom stereocenters. The van der Waals surface area contributed by atoms with Crippen LogP contribution in [-0.2, 0) is 33.7 Å². The third-order valence-corrected chi connectivity index (χ3v) is 8.38. The predicted molar refractivity (Wildman–Crippen MR) is 165 cm³/mol. The minimum Gasteiger partial charge on any atom is -0.184 e. The number of hydrogen-bond donors (Lipinski definition) is 0. The Bertz CT molecular complexity index is 1460. The van der Waals surface area contributed by atoms with Crippen molar-refractivity contribution in [3.63, 3.8) is 0 Å². The van der Waals surface area contributed by atoms with Gasteiger partial charge in [0.2, 0.25) is 0 Å². The van der Waals surface area contributed by atoms with Crippen molar-refractivity contribution in [3.8, 4) is 22.3 Å². The molecule has 1 aliphatic heterocycles. The molecular weight excluding hydrogens is 599 g/mol. The summed E-state index contributed by atoms with van der Waals surface area (Å²) in [4.78, 5) is 0. The first-order valence-electron chi connectivity index (χ1n) is 13.2. The van der Waals surface area contributed by atoms with Gasteiger partial charge in [-0.3, -0.25) is 0 Å². The SMILES string of the molecule is CCc1cc2c(-c3ccccc3CC)c(C(C)C)ccc2[cH-]1.[Cl][Zr+2][Cl].[c-]1cccc2c1[Si]c1ccccc1-2. The molecule has 1 aliphatic rings. The standard InChI is InChI=1S/C22H25.C12H7Si.2ClH.Zr/c1-5-16-13-18-11-12-19(15(3)4)22(21(18)14-16)20-10-8-7-9-17(20)6-2;1-3-7-11-9(5-1)10-6-2-4-8-12(10)13-11;;;/h7-15H,5-6H2,1-4H3;1-7H;2*1H;/q2*-1;;;+4/p-2. The van der Waals surface area contributed by atoms with Crippen LogP contribution < -0.4 is 10.4 Å². The Kier molecular flexibility index (Phi) is 10.7. The van der Waals surface area contributed by atoms with Crippen molar-refractivity contribution in [1.29, 1.82) is 0 Å². The Hall–Kier alpha value is -1.83. The molecule has 0 aliphatic carbocycles. The van der Waals surface area contributed by atoms with E-state index >= 15 is 0 Å². The van der Waals surface area contributed by atoms with E-state index in [9.17, 15) is 0 Å². The largest absolute Gasteiger partial charge is 0.184 e. The minimum atomic E-state index is -0.826. The maximum Gasteiger partial charge on any atom is 0.0920 e. The summed E-state index contributed by atoms with van der Waals surface area (Å²) in [5, 5.41) is 5.62. The molecule has 0 fully saturated rings. The molecule has 1 heterocycles. The summed E-state index contributed by atoms with van der Waals surface area (Å²) in [5.74, 6) is 0.532. The number of benzene rings is 4. The molecule has 0 bridgehead atoms. The summed E-state index contributed by atoms with van der Waals surface area (Å²) in [5.41, 5.74) is 9.96. The van der Waals surface area contributed by atoms with Crippen LogP contribution in [0, 0.1) is 6.07 Å². The van der Waals surface area contributed by atoms with E-state index in [1.54, 1.807) is 0 Å². The van der Waals surface area contributed by atoms with Crippen LogP contribution in [0.5, 0.6) is 0 Å². The molecule has 190 valence electrons. The van der Waals surface area contributed by atoms with Gasteiger partial charge in [0.25, 0.3) is 0 Å². The summed E-state index contributed by atoms with van der Waals surface area (Å²) in [6.45, 7) is 9.07. The number of fused-ring (bicyclic) bond motifs is 4. The Balaban J connectivity index is 0.000000177. The molecule has 0 nitrogen and oxygen atoms in total. The maximum atomic E-state index is 4.93. The molecule has 0 saturated heterocycles. The van der Waals surface area contributed by atoms with Gasteiger partial charge in [0.05, 0.1) is 9.52 Å². The second-order valence-electron chi connectivity index (χ2n) is 9.62. The summed E-state index contributed by atoms with van der Waals surface area (Å²) in [7, 11) is 10.7. The Morgan fingerprint density at radius 1 is 0.842 bits per heavy atom. The van der Waals surface area contributed by atoms with E-state index in [-0.39, 0.29) is 0 Å². The van der Waals surface area contributed by atoms with E-state index in [0.717, 1.165) is 22.4 Å². The summed E-state index contributed by atoms with van der Waals surface area (Å²) < 4.78 is 0. The van der Waals surface area contributed by atoms with Gasteiger partial charge in [-0.05, 0) is 29.9 Å². The summed E-state index contributed by atoms with van der Waals surface area (Å²) >= 11 is -0.826. The van der Waals surface area contributed by atoms with Gasteiger partial charge in [-0.15, -0.1) is 40.1 Å². The smallest absolute Gasteiger partial charge is 0.0920 e. The first-order valence-corrected chi connectivity index (χ1v) is 20.5. The fourth-order valence-corrected chi connectivity index (χ4v) is 6.46. The van der Waals surface area contributed by atoms with Gasteiger partial charge < -0.3 is 0 Å². The summed E-state index contributed by atoms with van der Waals surface area (Å²) in [6.07, 6.45) is 2.17. The van der Waals surface area contributed by atoms with Crippen LogP contribution in [0.25, 0.3) is 33.0 Å². The molecule has 5 aromatic carbocycles. The molecule has 0 aromatic heterocycles. The number of halogens is 2. The molecule has 2 radical (unpaired) electrons. The van der Waals surface area contributed by atoms with Crippen molar-refractivity contribution in [2.24, 2.45) is 0 Å². The van der Waals surface area contributed by atoms with Crippen molar-refractivity contribution < 1.29 is 20.8 Å². The molecular formula is C34H32Cl2SiZr. The third-order valence-electron chi connectivity index (χ3n) is 7.01. The second-order valence-corrected chi connectivity index (χ2v) is 14.6. The zero-order valence-electron chi connectivity index (χ0n) is 22.4. The van der Waals surface area contributed by atoms with Crippen LogP contribution in [0.4, 0.5) is 0 Å². The first kappa shape index (κ1) is 29.2. The molecule has 4 heteroatoms. The van der Waals surface area contributed by atoms with Gasteiger partial charge in [-0.25, -0.2) is 0 Å². The van der Waals surface area contributed by atoms with Crippen molar-refractivity contribution in [3.05, 3.63) is 114 Å². The Morgan fingerprint density at radius 3 is 2.24 bits per heavy atom. The normalized spacial score (nSPS) is 11.1. The van der Waals surface area contributed by atoms with Crippen LogP contribution in [0.1, 0.15) is 50.3 Å². The monoisotopic (exact) mass is 628 g/mol. The van der Waals surface area contributed by atoms with Crippen molar-refractivity contribution >= 4 is 47.7 Å². The molecule has 0 saturated carbocycles. The first-order chi connectivity index (χ1) is 18.5. The molecule has 0 N–H and O–H groups in total. The Labute approximate surface area is 249 Å². The van der Waals surface area contributed by atoms with Gasteiger partial charge in [-0.1, -0.05) is 98.1 Å². The van der Waals surface area contributed by atoms with E-state index < -0.39 is 20.8 Å². The fraction of sp³-hybridized carbons (Fsp3) is 0.206. The van der Waals surface area contributed by atoms with Crippen molar-refractivity contribution in [2.75, 3.05) is 0 Å². The molecule has 38 heavy (non-hydrogen) atoms. The number of rotatable bonds is 4. The van der Waals surface area contributed by atoms with Crippen LogP contribution in [-0.4, -0.2) is 9.52 Å². The molecule has 5 aromatic rings. The molecule has 0 unspecified atom stereocenters. The average Bonchev–Trinajstić information content (AvgIpc) is 3.54. The van der Waals surface area contributed by atoms with E-state index in [0.29, 0.717) is 5.92 Å². The van der Waals surface area contributed by atoms with E-state index in [1.807, 2.05) is 6.07 Å². The van der Waals surface area contributed by atoms with Gasteiger partial charge >= 0.3 is 37.9 Å². The minimum absolute atomic E-state index is 0.532. The van der Waals surface area contributed by atoms with Crippen LogP contribution in [0.3, 0.4) is 0 Å². The van der Waals surface area contributed by atoms with Crippen LogP contribution in [0.15, 0.2) is 91.0 Å². The average molecular weight is 631 g/mol. The van der Waals surface area contributed by atoms with Gasteiger partial charge in [-0.2, -0.15) is 35.5 Å². The third kappa shape index (κ3) is 6.48. The van der Waals surface area contributed by atoms with Gasteiger partial charge in [0.1, 0.15) is 0 Å². The molecule has 6 rings (SSSR count).